The van der Waals surface area contributed by atoms with Crippen molar-refractivity contribution in [2.75, 3.05) is 5.73 Å². The summed E-state index contributed by atoms with van der Waals surface area (Å²) in [5.41, 5.74) is 8.78. The Morgan fingerprint density at radius 3 is 2.86 bits per heavy atom. The number of halogens is 1. The van der Waals surface area contributed by atoms with Crippen molar-refractivity contribution in [2.24, 2.45) is 0 Å². The first kappa shape index (κ1) is 9.15. The average Bonchev–Trinajstić information content (AvgIpc) is 2.56. The molecule has 2 rings (SSSR count). The topological polar surface area (TPSA) is 38.9 Å². The van der Waals surface area contributed by atoms with Crippen molar-refractivity contribution < 1.29 is 4.39 Å². The van der Waals surface area contributed by atoms with Crippen LogP contribution in [0.15, 0.2) is 23.7 Å². The van der Waals surface area contributed by atoms with Crippen LogP contribution >= 0.6 is 11.3 Å². The van der Waals surface area contributed by atoms with Crippen LogP contribution < -0.4 is 5.73 Å². The highest BCUT2D eigenvalue weighted by Crippen LogP contribution is 2.31. The maximum atomic E-state index is 13.4. The van der Waals surface area contributed by atoms with Gasteiger partial charge in [0.1, 0.15) is 11.6 Å². The zero-order valence-corrected chi connectivity index (χ0v) is 8.44. The van der Waals surface area contributed by atoms with E-state index in [1.807, 2.05) is 6.92 Å². The molecule has 0 amide bonds. The van der Waals surface area contributed by atoms with E-state index in [0.29, 0.717) is 16.3 Å². The SMILES string of the molecule is Cc1ccc(F)c(-c2scnc2N)c1. The van der Waals surface area contributed by atoms with E-state index in [0.717, 1.165) is 5.56 Å². The molecule has 2 aromatic rings. The molecule has 1 heterocycles. The number of aryl methyl sites for hydroxylation is 1. The van der Waals surface area contributed by atoms with E-state index in [1.165, 1.54) is 17.4 Å². The van der Waals surface area contributed by atoms with Crippen molar-refractivity contribution in [1.29, 1.82) is 0 Å². The van der Waals surface area contributed by atoms with Gasteiger partial charge in [-0.25, -0.2) is 9.37 Å². The van der Waals surface area contributed by atoms with Crippen LogP contribution in [0.3, 0.4) is 0 Å². The molecule has 14 heavy (non-hydrogen) atoms. The lowest BCUT2D eigenvalue weighted by molar-refractivity contribution is 0.631. The second-order valence-electron chi connectivity index (χ2n) is 3.05. The van der Waals surface area contributed by atoms with E-state index in [9.17, 15) is 4.39 Å². The summed E-state index contributed by atoms with van der Waals surface area (Å²) in [6, 6.07) is 4.96. The predicted octanol–water partition coefficient (Wildman–Crippen LogP) is 2.84. The molecule has 0 saturated heterocycles. The fraction of sp³-hybridized carbons (Fsp3) is 0.100. The average molecular weight is 208 g/mol. The number of aromatic nitrogens is 1. The molecule has 2 N–H and O–H groups in total. The van der Waals surface area contributed by atoms with Crippen LogP contribution in [0.25, 0.3) is 10.4 Å². The smallest absolute Gasteiger partial charge is 0.142 e. The minimum absolute atomic E-state index is 0.258. The number of nitrogens with zero attached hydrogens (tertiary/aromatic N) is 1. The Bertz CT molecular complexity index is 465. The van der Waals surface area contributed by atoms with Crippen molar-refractivity contribution in [3.8, 4) is 10.4 Å². The van der Waals surface area contributed by atoms with Gasteiger partial charge in [0.15, 0.2) is 0 Å². The Labute approximate surface area is 85.2 Å². The Kier molecular flexibility index (Phi) is 2.21. The number of thiazole rings is 1. The molecule has 0 atom stereocenters. The van der Waals surface area contributed by atoms with Gasteiger partial charge in [-0.3, -0.25) is 0 Å². The summed E-state index contributed by atoms with van der Waals surface area (Å²) in [5.74, 6) is 0.131. The maximum absolute atomic E-state index is 13.4. The number of anilines is 1. The zero-order valence-electron chi connectivity index (χ0n) is 7.62. The minimum atomic E-state index is -0.258. The Hall–Kier alpha value is -1.42. The van der Waals surface area contributed by atoms with Crippen LogP contribution in [0.5, 0.6) is 0 Å². The molecule has 0 radical (unpaired) electrons. The number of hydrogen-bond donors (Lipinski definition) is 1. The van der Waals surface area contributed by atoms with Crippen LogP contribution in [0.2, 0.25) is 0 Å². The van der Waals surface area contributed by atoms with Crippen molar-refractivity contribution in [1.82, 2.24) is 4.98 Å². The first-order valence-electron chi connectivity index (χ1n) is 4.14. The van der Waals surface area contributed by atoms with Crippen molar-refractivity contribution in [3.05, 3.63) is 35.1 Å². The Morgan fingerprint density at radius 1 is 1.43 bits per heavy atom. The second kappa shape index (κ2) is 3.38. The molecule has 0 bridgehead atoms. The molecule has 1 aromatic heterocycles. The van der Waals surface area contributed by atoms with Crippen molar-refractivity contribution in [3.63, 3.8) is 0 Å². The Morgan fingerprint density at radius 2 is 2.21 bits per heavy atom. The van der Waals surface area contributed by atoms with Gasteiger partial charge in [-0.2, -0.15) is 0 Å². The summed E-state index contributed by atoms with van der Waals surface area (Å²) in [7, 11) is 0. The summed E-state index contributed by atoms with van der Waals surface area (Å²) in [6.07, 6.45) is 0. The van der Waals surface area contributed by atoms with Gasteiger partial charge in [0, 0.05) is 5.56 Å². The number of hydrogen-bond acceptors (Lipinski definition) is 3. The summed E-state index contributed by atoms with van der Waals surface area (Å²) in [4.78, 5) is 4.59. The molecule has 0 aliphatic heterocycles. The van der Waals surface area contributed by atoms with E-state index in [-0.39, 0.29) is 5.82 Å². The lowest BCUT2D eigenvalue weighted by atomic mass is 10.1. The van der Waals surface area contributed by atoms with Gasteiger partial charge >= 0.3 is 0 Å². The molecule has 0 fully saturated rings. The van der Waals surface area contributed by atoms with E-state index in [1.54, 1.807) is 17.6 Å². The van der Waals surface area contributed by atoms with Gasteiger partial charge in [-0.15, -0.1) is 11.3 Å². The summed E-state index contributed by atoms with van der Waals surface area (Å²) < 4.78 is 13.4. The van der Waals surface area contributed by atoms with Gasteiger partial charge in [0.25, 0.3) is 0 Å². The molecule has 0 saturated carbocycles. The first-order chi connectivity index (χ1) is 6.68. The number of nitrogen functional groups attached to an aromatic ring is 1. The highest BCUT2D eigenvalue weighted by atomic mass is 32.1. The van der Waals surface area contributed by atoms with Gasteiger partial charge < -0.3 is 5.73 Å². The van der Waals surface area contributed by atoms with E-state index in [2.05, 4.69) is 4.98 Å². The number of rotatable bonds is 1. The largest absolute Gasteiger partial charge is 0.382 e. The lowest BCUT2D eigenvalue weighted by Crippen LogP contribution is -1.89. The quantitative estimate of drug-likeness (QED) is 0.782. The molecule has 2 nitrogen and oxygen atoms in total. The third kappa shape index (κ3) is 1.48. The summed E-state index contributed by atoms with van der Waals surface area (Å²) in [6.45, 7) is 1.92. The molecule has 0 unspecified atom stereocenters. The minimum Gasteiger partial charge on any atom is -0.382 e. The highest BCUT2D eigenvalue weighted by Gasteiger charge is 2.10. The standard InChI is InChI=1S/C10H9FN2S/c1-6-2-3-8(11)7(4-6)9-10(12)13-5-14-9/h2-5H,12H2,1H3. The van der Waals surface area contributed by atoms with Crippen LogP contribution in [-0.2, 0) is 0 Å². The summed E-state index contributed by atoms with van der Waals surface area (Å²) in [5, 5.41) is 0. The van der Waals surface area contributed by atoms with Gasteiger partial charge in [-0.05, 0) is 19.1 Å². The Balaban J connectivity index is 2.62. The van der Waals surface area contributed by atoms with Crippen LogP contribution in [-0.4, -0.2) is 4.98 Å². The highest BCUT2D eigenvalue weighted by molar-refractivity contribution is 7.13. The van der Waals surface area contributed by atoms with Crippen LogP contribution in [0.4, 0.5) is 10.2 Å². The predicted molar refractivity (Wildman–Crippen MR) is 56.7 cm³/mol. The zero-order chi connectivity index (χ0) is 10.1. The normalized spacial score (nSPS) is 10.4. The van der Waals surface area contributed by atoms with Gasteiger partial charge in [0.05, 0.1) is 10.4 Å². The molecule has 1 aromatic carbocycles. The van der Waals surface area contributed by atoms with E-state index in [4.69, 9.17) is 5.73 Å². The molecule has 0 spiro atoms. The third-order valence-corrected chi connectivity index (χ3v) is 2.84. The van der Waals surface area contributed by atoms with Gasteiger partial charge in [-0.1, -0.05) is 11.6 Å². The van der Waals surface area contributed by atoms with Crippen LogP contribution in [0, 0.1) is 12.7 Å². The first-order valence-corrected chi connectivity index (χ1v) is 5.02. The van der Waals surface area contributed by atoms with Crippen LogP contribution in [0.1, 0.15) is 5.56 Å². The fourth-order valence-electron chi connectivity index (χ4n) is 1.27. The molecular formula is C10H9FN2S. The lowest BCUT2D eigenvalue weighted by Gasteiger charge is -2.02. The number of benzene rings is 1. The fourth-order valence-corrected chi connectivity index (χ4v) is 2.00. The maximum Gasteiger partial charge on any atom is 0.142 e. The van der Waals surface area contributed by atoms with Gasteiger partial charge in [0.2, 0.25) is 0 Å². The molecule has 4 heteroatoms. The van der Waals surface area contributed by atoms with Crippen molar-refractivity contribution in [2.45, 2.75) is 6.92 Å². The van der Waals surface area contributed by atoms with E-state index >= 15 is 0 Å². The second-order valence-corrected chi connectivity index (χ2v) is 3.90. The molecular weight excluding hydrogens is 199 g/mol. The molecule has 0 aliphatic carbocycles. The summed E-state index contributed by atoms with van der Waals surface area (Å²) >= 11 is 1.35. The number of nitrogens with two attached hydrogens (primary N) is 1. The van der Waals surface area contributed by atoms with Crippen molar-refractivity contribution >= 4 is 17.2 Å². The van der Waals surface area contributed by atoms with E-state index < -0.39 is 0 Å². The third-order valence-electron chi connectivity index (χ3n) is 1.96. The monoisotopic (exact) mass is 208 g/mol. The molecule has 0 aliphatic rings. The molecule has 72 valence electrons.